The second kappa shape index (κ2) is 20.0. The van der Waals surface area contributed by atoms with E-state index in [1.165, 1.54) is 0 Å². The summed E-state index contributed by atoms with van der Waals surface area (Å²) in [4.78, 5) is 99.6. The van der Waals surface area contributed by atoms with Crippen LogP contribution in [-0.4, -0.2) is 93.7 Å². The van der Waals surface area contributed by atoms with Crippen LogP contribution in [-0.2, 0) is 57.7 Å². The lowest BCUT2D eigenvalue weighted by Gasteiger charge is -2.30. The third-order valence-electron chi connectivity index (χ3n) is 8.20. The SMILES string of the molecule is CC(C)[C@H](NC(=O)[C@@H](NC(=O)[C@H](CC(=O)O)NC(=O)OCc1ccccc1)C1Cc2ccccc2C1)C(=O)NC(/C=C/C(=O)NCC(=O)O)CC(=O)O. The third kappa shape index (κ3) is 13.8. The molecule has 0 bridgehead atoms. The van der Waals surface area contributed by atoms with Crippen molar-refractivity contribution in [1.29, 1.82) is 0 Å². The molecule has 17 heteroatoms. The predicted octanol–water partition coefficient (Wildman–Crippen LogP) is 0.513. The highest BCUT2D eigenvalue weighted by Crippen LogP contribution is 2.29. The third-order valence-corrected chi connectivity index (χ3v) is 8.20. The van der Waals surface area contributed by atoms with Gasteiger partial charge in [-0.2, -0.15) is 0 Å². The summed E-state index contributed by atoms with van der Waals surface area (Å²) in [7, 11) is 0. The molecule has 0 radical (unpaired) electrons. The van der Waals surface area contributed by atoms with Gasteiger partial charge in [-0.3, -0.25) is 33.6 Å². The number of carbonyl (C=O) groups excluding carboxylic acids is 5. The molecule has 0 aromatic heterocycles. The number of alkyl carbamates (subject to hydrolysis) is 1. The van der Waals surface area contributed by atoms with Crippen LogP contribution in [0.3, 0.4) is 0 Å². The Bertz CT molecular complexity index is 1670. The summed E-state index contributed by atoms with van der Waals surface area (Å²) < 4.78 is 5.16. The van der Waals surface area contributed by atoms with E-state index in [4.69, 9.17) is 9.84 Å². The van der Waals surface area contributed by atoms with Crippen LogP contribution in [0.5, 0.6) is 0 Å². The molecule has 0 saturated heterocycles. The zero-order valence-electron chi connectivity index (χ0n) is 29.1. The number of aliphatic carboxylic acids is 3. The first-order valence-corrected chi connectivity index (χ1v) is 16.7. The number of hydrogen-bond acceptors (Lipinski definition) is 9. The van der Waals surface area contributed by atoms with E-state index in [-0.39, 0.29) is 6.61 Å². The van der Waals surface area contributed by atoms with Crippen molar-refractivity contribution in [2.24, 2.45) is 11.8 Å². The maximum atomic E-state index is 14.0. The van der Waals surface area contributed by atoms with Crippen LogP contribution in [0.1, 0.15) is 43.4 Å². The van der Waals surface area contributed by atoms with Gasteiger partial charge in [0.2, 0.25) is 23.6 Å². The largest absolute Gasteiger partial charge is 0.481 e. The monoisotopic (exact) mass is 737 g/mol. The topological polar surface area (TPSA) is 267 Å². The molecule has 17 nitrogen and oxygen atoms in total. The van der Waals surface area contributed by atoms with Crippen molar-refractivity contribution >= 4 is 47.6 Å². The molecule has 8 N–H and O–H groups in total. The second-order valence-electron chi connectivity index (χ2n) is 12.7. The summed E-state index contributed by atoms with van der Waals surface area (Å²) in [6.07, 6.45) is 0.0828. The van der Waals surface area contributed by atoms with Crippen LogP contribution in [0, 0.1) is 11.8 Å². The van der Waals surface area contributed by atoms with Gasteiger partial charge in [-0.1, -0.05) is 74.5 Å². The number of ether oxygens (including phenoxy) is 1. The predicted molar refractivity (Wildman–Crippen MR) is 186 cm³/mol. The summed E-state index contributed by atoms with van der Waals surface area (Å²) in [6.45, 7) is 2.38. The van der Waals surface area contributed by atoms with E-state index in [0.717, 1.165) is 23.3 Å². The molecule has 0 aliphatic heterocycles. The normalized spacial score (nSPS) is 14.5. The fraction of sp³-hybridized carbons (Fsp3) is 0.389. The molecular formula is C36H43N5O12. The molecule has 1 aliphatic carbocycles. The molecule has 5 amide bonds. The molecular weight excluding hydrogens is 694 g/mol. The van der Waals surface area contributed by atoms with E-state index in [1.807, 2.05) is 24.3 Å². The quantitative estimate of drug-likeness (QED) is 0.0917. The van der Waals surface area contributed by atoms with Crippen LogP contribution < -0.4 is 26.6 Å². The first-order chi connectivity index (χ1) is 25.1. The van der Waals surface area contributed by atoms with Crippen LogP contribution >= 0.6 is 0 Å². The minimum Gasteiger partial charge on any atom is -0.481 e. The summed E-state index contributed by atoms with van der Waals surface area (Å²) in [6, 6.07) is 10.5. The summed E-state index contributed by atoms with van der Waals surface area (Å²) in [5, 5.41) is 39.7. The molecule has 0 heterocycles. The molecule has 1 unspecified atom stereocenters. The maximum absolute atomic E-state index is 14.0. The van der Waals surface area contributed by atoms with E-state index >= 15 is 0 Å². The van der Waals surface area contributed by atoms with Crippen molar-refractivity contribution in [3.05, 3.63) is 83.4 Å². The molecule has 0 saturated carbocycles. The van der Waals surface area contributed by atoms with Crippen molar-refractivity contribution in [3.63, 3.8) is 0 Å². The number of benzene rings is 2. The van der Waals surface area contributed by atoms with E-state index in [0.29, 0.717) is 18.4 Å². The lowest BCUT2D eigenvalue weighted by atomic mass is 9.93. The lowest BCUT2D eigenvalue weighted by molar-refractivity contribution is -0.140. The Morgan fingerprint density at radius 1 is 0.736 bits per heavy atom. The van der Waals surface area contributed by atoms with Crippen molar-refractivity contribution in [3.8, 4) is 0 Å². The summed E-state index contributed by atoms with van der Waals surface area (Å²) in [5.74, 6) is -8.62. The van der Waals surface area contributed by atoms with Crippen LogP contribution in [0.4, 0.5) is 4.79 Å². The van der Waals surface area contributed by atoms with Crippen molar-refractivity contribution < 1.29 is 58.4 Å². The van der Waals surface area contributed by atoms with Gasteiger partial charge < -0.3 is 46.6 Å². The molecule has 2 aromatic carbocycles. The van der Waals surface area contributed by atoms with Crippen LogP contribution in [0.15, 0.2) is 66.7 Å². The van der Waals surface area contributed by atoms with E-state index in [2.05, 4.69) is 26.6 Å². The minimum absolute atomic E-state index is 0.154. The number of carbonyl (C=O) groups is 8. The average Bonchev–Trinajstić information content (AvgIpc) is 3.53. The Kier molecular flexibility index (Phi) is 15.5. The standard InChI is InChI=1S/C36H43N5O12/c1-20(2)31(34(50)38-25(16-28(43)44)12-13-27(42)37-18-30(47)48)40-35(51)32(24-14-22-10-6-7-11-23(22)15-24)41-33(49)26(17-29(45)46)39-36(52)53-19-21-8-4-3-5-9-21/h3-13,20,24-26,31-32H,14-19H2,1-2H3,(H,37,42)(H,38,50)(H,39,52)(H,40,51)(H,41,49)(H,43,44)(H,45,46)(H,47,48)/b13-12+/t25?,26-,31-,32-/m0/s1. The first-order valence-electron chi connectivity index (χ1n) is 16.7. The Hall–Kier alpha value is -6.26. The van der Waals surface area contributed by atoms with Crippen molar-refractivity contribution in [2.45, 2.75) is 70.3 Å². The molecule has 1 aliphatic rings. The number of fused-ring (bicyclic) bond motifs is 1. The first kappa shape index (κ1) is 41.2. The molecule has 0 spiro atoms. The minimum atomic E-state index is -1.64. The van der Waals surface area contributed by atoms with Gasteiger partial charge in [0.05, 0.1) is 18.9 Å². The van der Waals surface area contributed by atoms with Crippen molar-refractivity contribution in [2.75, 3.05) is 6.54 Å². The molecule has 4 atom stereocenters. The van der Waals surface area contributed by atoms with Gasteiger partial charge in [0, 0.05) is 6.08 Å². The van der Waals surface area contributed by atoms with Crippen LogP contribution in [0.2, 0.25) is 0 Å². The second-order valence-corrected chi connectivity index (χ2v) is 12.7. The van der Waals surface area contributed by atoms with Gasteiger partial charge in [-0.05, 0) is 41.4 Å². The Morgan fingerprint density at radius 2 is 1.34 bits per heavy atom. The van der Waals surface area contributed by atoms with Gasteiger partial charge in [0.15, 0.2) is 0 Å². The van der Waals surface area contributed by atoms with Gasteiger partial charge in [0.1, 0.15) is 31.3 Å². The Balaban J connectivity index is 1.81. The van der Waals surface area contributed by atoms with Gasteiger partial charge in [-0.15, -0.1) is 0 Å². The Labute approximate surface area is 304 Å². The Morgan fingerprint density at radius 3 is 1.91 bits per heavy atom. The zero-order chi connectivity index (χ0) is 39.1. The number of carboxylic acid groups (broad SMARTS) is 3. The smallest absolute Gasteiger partial charge is 0.408 e. The highest BCUT2D eigenvalue weighted by molar-refractivity contribution is 5.95. The highest BCUT2D eigenvalue weighted by atomic mass is 16.5. The molecule has 53 heavy (non-hydrogen) atoms. The van der Waals surface area contributed by atoms with Crippen molar-refractivity contribution in [1.82, 2.24) is 26.6 Å². The number of carboxylic acids is 3. The molecule has 2 aromatic rings. The zero-order valence-corrected chi connectivity index (χ0v) is 29.1. The van der Waals surface area contributed by atoms with Gasteiger partial charge in [0.25, 0.3) is 0 Å². The summed E-state index contributed by atoms with van der Waals surface area (Å²) >= 11 is 0. The van der Waals surface area contributed by atoms with E-state index in [1.54, 1.807) is 44.2 Å². The fourth-order valence-electron chi connectivity index (χ4n) is 5.60. The van der Waals surface area contributed by atoms with Gasteiger partial charge >= 0.3 is 24.0 Å². The number of amides is 5. The number of rotatable bonds is 19. The molecule has 3 rings (SSSR count). The van der Waals surface area contributed by atoms with Crippen LogP contribution in [0.25, 0.3) is 0 Å². The molecule has 0 fully saturated rings. The molecule has 284 valence electrons. The lowest BCUT2D eigenvalue weighted by Crippen LogP contribution is -2.60. The number of nitrogens with one attached hydrogen (secondary N) is 5. The fourth-order valence-corrected chi connectivity index (χ4v) is 5.60. The highest BCUT2D eigenvalue weighted by Gasteiger charge is 2.38. The van der Waals surface area contributed by atoms with E-state index < -0.39 is 103 Å². The van der Waals surface area contributed by atoms with Gasteiger partial charge in [-0.25, -0.2) is 4.79 Å². The van der Waals surface area contributed by atoms with E-state index in [9.17, 15) is 48.6 Å². The number of hydrogen-bond donors (Lipinski definition) is 8. The maximum Gasteiger partial charge on any atom is 0.408 e. The summed E-state index contributed by atoms with van der Waals surface area (Å²) in [5.41, 5.74) is 2.49. The average molecular weight is 738 g/mol.